The summed E-state index contributed by atoms with van der Waals surface area (Å²) in [5.41, 5.74) is 0.0301. The van der Waals surface area contributed by atoms with Crippen LogP contribution in [0.5, 0.6) is 0 Å². The first-order valence-electron chi connectivity index (χ1n) is 6.97. The van der Waals surface area contributed by atoms with Gasteiger partial charge in [-0.15, -0.1) is 5.10 Å². The number of hydrogen-bond acceptors (Lipinski definition) is 6. The maximum atomic E-state index is 13.5. The fourth-order valence-electron chi connectivity index (χ4n) is 1.78. The van der Waals surface area contributed by atoms with E-state index >= 15 is 0 Å². The number of nitrogens with zero attached hydrogens (tertiary/aromatic N) is 2. The van der Waals surface area contributed by atoms with Gasteiger partial charge in [0.05, 0.1) is 5.75 Å². The Morgan fingerprint density at radius 1 is 1.30 bits per heavy atom. The maximum absolute atomic E-state index is 13.5. The fraction of sp³-hybridized carbons (Fsp3) is 0.357. The number of rotatable bonds is 7. The molecule has 0 atom stereocenters. The molecule has 0 saturated heterocycles. The Hall–Kier alpha value is -2.29. The van der Waals surface area contributed by atoms with E-state index in [2.05, 4.69) is 15.5 Å². The number of benzene rings is 1. The first-order chi connectivity index (χ1) is 10.9. The molecule has 1 N–H and O–H groups in total. The molecule has 1 aromatic carbocycles. The van der Waals surface area contributed by atoms with Crippen LogP contribution in [0.4, 0.5) is 4.39 Å². The van der Waals surface area contributed by atoms with Crippen LogP contribution in [0.2, 0.25) is 0 Å². The lowest BCUT2D eigenvalue weighted by Gasteiger charge is -2.01. The molecule has 0 aliphatic rings. The smallest absolute Gasteiger partial charge is 0.335 e. The molecular weight excluding hydrogens is 325 g/mol. The Kier molecular flexibility index (Phi) is 5.43. The summed E-state index contributed by atoms with van der Waals surface area (Å²) in [5.74, 6) is -1.21. The summed E-state index contributed by atoms with van der Waals surface area (Å²) in [6.45, 7) is 1.98. The number of nitrogens with one attached hydrogen (secondary N) is 1. The molecule has 0 aliphatic carbocycles. The van der Waals surface area contributed by atoms with E-state index in [-0.39, 0.29) is 30.3 Å². The summed E-state index contributed by atoms with van der Waals surface area (Å²) in [4.78, 5) is 11.1. The van der Waals surface area contributed by atoms with Gasteiger partial charge in [0.1, 0.15) is 5.82 Å². The molecule has 1 aromatic heterocycles. The predicted octanol–water partition coefficient (Wildman–Crippen LogP) is 1.25. The lowest BCUT2D eigenvalue weighted by atomic mass is 10.2. The monoisotopic (exact) mass is 341 g/mol. The summed E-state index contributed by atoms with van der Waals surface area (Å²) in [6.07, 6.45) is 0.570. The predicted molar refractivity (Wildman–Crippen MR) is 78.6 cm³/mol. The van der Waals surface area contributed by atoms with Gasteiger partial charge in [0, 0.05) is 24.9 Å². The van der Waals surface area contributed by atoms with E-state index < -0.39 is 26.6 Å². The van der Waals surface area contributed by atoms with Crippen LogP contribution in [0.1, 0.15) is 24.8 Å². The highest BCUT2D eigenvalue weighted by Crippen LogP contribution is 2.17. The second-order valence-electron chi connectivity index (χ2n) is 4.77. The van der Waals surface area contributed by atoms with Crippen LogP contribution < -0.4 is 5.32 Å². The van der Waals surface area contributed by atoms with E-state index in [4.69, 9.17) is 4.42 Å². The van der Waals surface area contributed by atoms with Crippen molar-refractivity contribution in [2.45, 2.75) is 30.7 Å². The highest BCUT2D eigenvalue weighted by atomic mass is 32.2. The minimum Gasteiger partial charge on any atom is -0.412 e. The number of sulfone groups is 1. The van der Waals surface area contributed by atoms with Gasteiger partial charge in [-0.25, -0.2) is 12.8 Å². The Morgan fingerprint density at radius 2 is 2.04 bits per heavy atom. The summed E-state index contributed by atoms with van der Waals surface area (Å²) in [6, 6.07) is 5.58. The van der Waals surface area contributed by atoms with Gasteiger partial charge in [0.25, 0.3) is 0 Å². The van der Waals surface area contributed by atoms with Crippen molar-refractivity contribution >= 4 is 15.7 Å². The van der Waals surface area contributed by atoms with Crippen molar-refractivity contribution in [1.82, 2.24) is 15.5 Å². The topological polar surface area (TPSA) is 102 Å². The average molecular weight is 341 g/mol. The largest absolute Gasteiger partial charge is 0.412 e. The van der Waals surface area contributed by atoms with Crippen LogP contribution in [-0.2, 0) is 26.8 Å². The van der Waals surface area contributed by atoms with Gasteiger partial charge in [-0.1, -0.05) is 30.2 Å². The lowest BCUT2D eigenvalue weighted by Crippen LogP contribution is -2.24. The van der Waals surface area contributed by atoms with Crippen LogP contribution in [0.3, 0.4) is 0 Å². The highest BCUT2D eigenvalue weighted by molar-refractivity contribution is 7.90. The van der Waals surface area contributed by atoms with E-state index in [1.807, 2.05) is 0 Å². The quantitative estimate of drug-likeness (QED) is 0.813. The third kappa shape index (κ3) is 4.59. The Bertz CT molecular complexity index is 789. The second-order valence-corrected chi connectivity index (χ2v) is 6.63. The third-order valence-electron chi connectivity index (χ3n) is 3.00. The van der Waals surface area contributed by atoms with Crippen molar-refractivity contribution in [2.24, 2.45) is 0 Å². The molecule has 1 heterocycles. The molecule has 23 heavy (non-hydrogen) atoms. The normalized spacial score (nSPS) is 11.4. The Morgan fingerprint density at radius 3 is 2.74 bits per heavy atom. The zero-order valence-electron chi connectivity index (χ0n) is 12.5. The SMILES string of the molecule is CCC(=O)NCCc1nnc(S(=O)(=O)Cc2ccccc2F)o1. The van der Waals surface area contributed by atoms with Gasteiger partial charge < -0.3 is 9.73 Å². The van der Waals surface area contributed by atoms with E-state index in [1.54, 1.807) is 13.0 Å². The van der Waals surface area contributed by atoms with Gasteiger partial charge >= 0.3 is 5.22 Å². The first-order valence-corrected chi connectivity index (χ1v) is 8.63. The zero-order valence-corrected chi connectivity index (χ0v) is 13.3. The number of carbonyl (C=O) groups is 1. The summed E-state index contributed by atoms with van der Waals surface area (Å²) in [7, 11) is -3.93. The maximum Gasteiger partial charge on any atom is 0.335 e. The summed E-state index contributed by atoms with van der Waals surface area (Å²) in [5, 5.41) is 9.17. The zero-order chi connectivity index (χ0) is 16.9. The molecule has 9 heteroatoms. The molecule has 0 spiro atoms. The number of amides is 1. The summed E-state index contributed by atoms with van der Waals surface area (Å²) >= 11 is 0. The van der Waals surface area contributed by atoms with Gasteiger partial charge in [-0.3, -0.25) is 4.79 Å². The van der Waals surface area contributed by atoms with Crippen LogP contribution in [-0.4, -0.2) is 31.1 Å². The standard InChI is InChI=1S/C14H16FN3O4S/c1-2-12(19)16-8-7-13-17-18-14(22-13)23(20,21)9-10-5-3-4-6-11(10)15/h3-6H,2,7-9H2,1H3,(H,16,19). The van der Waals surface area contributed by atoms with Gasteiger partial charge in [0.2, 0.25) is 21.6 Å². The molecule has 7 nitrogen and oxygen atoms in total. The van der Waals surface area contributed by atoms with Crippen molar-refractivity contribution in [3.05, 3.63) is 41.5 Å². The van der Waals surface area contributed by atoms with E-state index in [1.165, 1.54) is 18.2 Å². The molecule has 0 unspecified atom stereocenters. The van der Waals surface area contributed by atoms with Gasteiger partial charge in [-0.2, -0.15) is 0 Å². The molecule has 0 fully saturated rings. The Labute approximate surface area is 132 Å². The average Bonchev–Trinajstić information content (AvgIpc) is 2.99. The molecule has 0 bridgehead atoms. The number of aromatic nitrogens is 2. The van der Waals surface area contributed by atoms with Crippen molar-refractivity contribution in [2.75, 3.05) is 6.54 Å². The van der Waals surface area contributed by atoms with E-state index in [0.29, 0.717) is 6.42 Å². The fourth-order valence-corrected chi connectivity index (χ4v) is 2.94. The van der Waals surface area contributed by atoms with Crippen LogP contribution in [0.25, 0.3) is 0 Å². The van der Waals surface area contributed by atoms with Crippen LogP contribution in [0.15, 0.2) is 33.9 Å². The van der Waals surface area contributed by atoms with Crippen molar-refractivity contribution in [3.63, 3.8) is 0 Å². The molecule has 124 valence electrons. The number of carbonyl (C=O) groups excluding carboxylic acids is 1. The molecular formula is C14H16FN3O4S. The van der Waals surface area contributed by atoms with Crippen molar-refractivity contribution in [1.29, 1.82) is 0 Å². The minimum absolute atomic E-state index is 0.0301. The molecule has 2 rings (SSSR count). The first kappa shape index (κ1) is 17.1. The lowest BCUT2D eigenvalue weighted by molar-refractivity contribution is -0.120. The molecule has 0 aliphatic heterocycles. The molecule has 0 saturated carbocycles. The van der Waals surface area contributed by atoms with Gasteiger partial charge in [0.15, 0.2) is 0 Å². The van der Waals surface area contributed by atoms with Crippen molar-refractivity contribution in [3.8, 4) is 0 Å². The number of hydrogen-bond donors (Lipinski definition) is 1. The molecule has 2 aromatic rings. The molecule has 0 radical (unpaired) electrons. The Balaban J connectivity index is 2.04. The van der Waals surface area contributed by atoms with E-state index in [9.17, 15) is 17.6 Å². The minimum atomic E-state index is -3.93. The van der Waals surface area contributed by atoms with Gasteiger partial charge in [-0.05, 0) is 6.07 Å². The molecule has 1 amide bonds. The summed E-state index contributed by atoms with van der Waals surface area (Å²) < 4.78 is 43.0. The number of halogens is 1. The van der Waals surface area contributed by atoms with Crippen molar-refractivity contribution < 1.29 is 22.0 Å². The second kappa shape index (κ2) is 7.32. The van der Waals surface area contributed by atoms with Crippen LogP contribution >= 0.6 is 0 Å². The third-order valence-corrected chi connectivity index (χ3v) is 4.39. The van der Waals surface area contributed by atoms with E-state index in [0.717, 1.165) is 0 Å². The van der Waals surface area contributed by atoms with Crippen LogP contribution in [0, 0.1) is 5.82 Å². The highest BCUT2D eigenvalue weighted by Gasteiger charge is 2.24.